The molecule has 3 aromatic rings. The van der Waals surface area contributed by atoms with Crippen LogP contribution in [0.25, 0.3) is 0 Å². The van der Waals surface area contributed by atoms with Gasteiger partial charge in [-0.25, -0.2) is 10.0 Å². The Kier molecular flexibility index (Phi) is 6.21. The Morgan fingerprint density at radius 1 is 0.774 bits per heavy atom. The lowest BCUT2D eigenvalue weighted by atomic mass is 9.73. The third kappa shape index (κ3) is 4.01. The van der Waals surface area contributed by atoms with E-state index in [1.54, 1.807) is 0 Å². The highest BCUT2D eigenvalue weighted by Crippen LogP contribution is 2.48. The zero-order valence-electron chi connectivity index (χ0n) is 18.7. The second-order valence-corrected chi connectivity index (χ2v) is 8.58. The molecule has 1 aliphatic rings. The number of hydrazine groups is 1. The number of anilines is 1. The number of hydrogen-bond acceptors (Lipinski definition) is 3. The molecule has 4 rings (SSSR count). The summed E-state index contributed by atoms with van der Waals surface area (Å²) in [5.41, 5.74) is 3.75. The van der Waals surface area contributed by atoms with Gasteiger partial charge in [-0.2, -0.15) is 0 Å². The predicted octanol–water partition coefficient (Wildman–Crippen LogP) is 4.36. The molecule has 1 amide bonds. The fraction of sp³-hybridized carbons (Fsp3) is 0.296. The standard InChI is InChI=1S/C27H31N3O/c1-28(2)21-19-27(23-14-8-5-9-15-23)24-16-10-11-17-25(24)30(26(27)31)29(3)20-18-22-12-6-4-7-13-22/h4-17H,18-21H2,1-3H3/t27-/m1/s1. The van der Waals surface area contributed by atoms with Gasteiger partial charge in [0.1, 0.15) is 5.41 Å². The van der Waals surface area contributed by atoms with E-state index in [2.05, 4.69) is 72.5 Å². The van der Waals surface area contributed by atoms with E-state index >= 15 is 0 Å². The van der Waals surface area contributed by atoms with Gasteiger partial charge >= 0.3 is 0 Å². The number of carbonyl (C=O) groups excluding carboxylic acids is 1. The van der Waals surface area contributed by atoms with Gasteiger partial charge in [0, 0.05) is 13.6 Å². The molecule has 3 aromatic carbocycles. The molecule has 4 nitrogen and oxygen atoms in total. The summed E-state index contributed by atoms with van der Waals surface area (Å²) < 4.78 is 0. The molecule has 0 aliphatic carbocycles. The van der Waals surface area contributed by atoms with Crippen molar-refractivity contribution < 1.29 is 4.79 Å². The average molecular weight is 414 g/mol. The van der Waals surface area contributed by atoms with E-state index in [1.165, 1.54) is 5.56 Å². The van der Waals surface area contributed by atoms with Crippen LogP contribution in [0.5, 0.6) is 0 Å². The Balaban J connectivity index is 1.73. The summed E-state index contributed by atoms with van der Waals surface area (Å²) in [5, 5.41) is 3.98. The van der Waals surface area contributed by atoms with Crippen molar-refractivity contribution in [2.24, 2.45) is 0 Å². The normalized spacial score (nSPS) is 18.1. The van der Waals surface area contributed by atoms with E-state index in [9.17, 15) is 4.79 Å². The number of para-hydroxylation sites is 1. The maximum atomic E-state index is 14.2. The van der Waals surface area contributed by atoms with Crippen LogP contribution in [-0.2, 0) is 16.6 Å². The summed E-state index contributed by atoms with van der Waals surface area (Å²) in [6, 6.07) is 29.0. The molecule has 0 radical (unpaired) electrons. The molecule has 0 saturated carbocycles. The first-order valence-corrected chi connectivity index (χ1v) is 10.9. The number of amides is 1. The van der Waals surface area contributed by atoms with Gasteiger partial charge < -0.3 is 4.90 Å². The minimum atomic E-state index is -0.677. The molecule has 31 heavy (non-hydrogen) atoms. The summed E-state index contributed by atoms with van der Waals surface area (Å²) in [4.78, 5) is 16.4. The van der Waals surface area contributed by atoms with Crippen molar-refractivity contribution in [2.75, 3.05) is 39.2 Å². The van der Waals surface area contributed by atoms with E-state index in [0.717, 1.165) is 42.7 Å². The van der Waals surface area contributed by atoms with Crippen LogP contribution in [0.4, 0.5) is 5.69 Å². The van der Waals surface area contributed by atoms with E-state index in [4.69, 9.17) is 0 Å². The molecular weight excluding hydrogens is 382 g/mol. The van der Waals surface area contributed by atoms with Crippen molar-refractivity contribution in [3.63, 3.8) is 0 Å². The smallest absolute Gasteiger partial charge is 0.256 e. The first kappa shape index (κ1) is 21.3. The Labute approximate surface area is 185 Å². The van der Waals surface area contributed by atoms with Gasteiger partial charge in [0.25, 0.3) is 5.91 Å². The average Bonchev–Trinajstić information content (AvgIpc) is 3.06. The lowest BCUT2D eigenvalue weighted by Crippen LogP contribution is -2.49. The van der Waals surface area contributed by atoms with Crippen LogP contribution < -0.4 is 5.01 Å². The second kappa shape index (κ2) is 9.04. The van der Waals surface area contributed by atoms with Gasteiger partial charge in [-0.1, -0.05) is 78.9 Å². The molecule has 4 heteroatoms. The monoisotopic (exact) mass is 413 g/mol. The summed E-state index contributed by atoms with van der Waals surface area (Å²) in [7, 11) is 6.15. The van der Waals surface area contributed by atoms with E-state index in [-0.39, 0.29) is 5.91 Å². The maximum Gasteiger partial charge on any atom is 0.256 e. The molecule has 0 spiro atoms. The number of carbonyl (C=O) groups is 1. The van der Waals surface area contributed by atoms with E-state index in [0.29, 0.717) is 0 Å². The molecule has 1 atom stereocenters. The highest BCUT2D eigenvalue weighted by Gasteiger charge is 2.52. The van der Waals surface area contributed by atoms with Crippen LogP contribution in [0.1, 0.15) is 23.1 Å². The highest BCUT2D eigenvalue weighted by atomic mass is 16.2. The Morgan fingerprint density at radius 3 is 2.06 bits per heavy atom. The van der Waals surface area contributed by atoms with Crippen LogP contribution in [-0.4, -0.2) is 50.0 Å². The third-order valence-corrected chi connectivity index (χ3v) is 6.26. The largest absolute Gasteiger partial charge is 0.309 e. The van der Waals surface area contributed by atoms with Crippen LogP contribution in [0.2, 0.25) is 0 Å². The van der Waals surface area contributed by atoms with Crippen molar-refractivity contribution in [3.8, 4) is 0 Å². The first-order valence-electron chi connectivity index (χ1n) is 10.9. The minimum Gasteiger partial charge on any atom is -0.309 e. The number of nitrogens with zero attached hydrogens (tertiary/aromatic N) is 3. The van der Waals surface area contributed by atoms with Gasteiger partial charge in [-0.15, -0.1) is 0 Å². The fourth-order valence-corrected chi connectivity index (χ4v) is 4.58. The molecule has 0 saturated heterocycles. The SMILES string of the molecule is CN(C)CC[C@]1(c2ccccc2)C(=O)N(N(C)CCc2ccccc2)c2ccccc21. The van der Waals surface area contributed by atoms with Crippen molar-refractivity contribution >= 4 is 11.6 Å². The zero-order valence-corrected chi connectivity index (χ0v) is 18.7. The fourth-order valence-electron chi connectivity index (χ4n) is 4.58. The number of benzene rings is 3. The van der Waals surface area contributed by atoms with Gasteiger partial charge in [0.05, 0.1) is 5.69 Å². The molecule has 1 aliphatic heterocycles. The second-order valence-electron chi connectivity index (χ2n) is 8.58. The first-order chi connectivity index (χ1) is 15.0. The van der Waals surface area contributed by atoms with Gasteiger partial charge in [-0.3, -0.25) is 4.79 Å². The third-order valence-electron chi connectivity index (χ3n) is 6.26. The molecular formula is C27H31N3O. The van der Waals surface area contributed by atoms with Gasteiger partial charge in [0.15, 0.2) is 0 Å². The maximum absolute atomic E-state index is 14.2. The molecule has 0 aromatic heterocycles. The lowest BCUT2D eigenvalue weighted by molar-refractivity contribution is -0.124. The number of rotatable bonds is 8. The predicted molar refractivity (Wildman–Crippen MR) is 127 cm³/mol. The Hall–Kier alpha value is -2.95. The van der Waals surface area contributed by atoms with Crippen LogP contribution in [0, 0.1) is 0 Å². The minimum absolute atomic E-state index is 0.136. The highest BCUT2D eigenvalue weighted by molar-refractivity contribution is 6.09. The Bertz CT molecular complexity index is 1020. The number of likely N-dealkylation sites (N-methyl/N-ethyl adjacent to an activating group) is 1. The van der Waals surface area contributed by atoms with Gasteiger partial charge in [0.2, 0.25) is 0 Å². The zero-order chi connectivity index (χ0) is 21.8. The topological polar surface area (TPSA) is 26.8 Å². The van der Waals surface area contributed by atoms with Crippen LogP contribution in [0.15, 0.2) is 84.9 Å². The molecule has 160 valence electrons. The van der Waals surface area contributed by atoms with E-state index in [1.807, 2.05) is 48.5 Å². The van der Waals surface area contributed by atoms with Crippen molar-refractivity contribution in [2.45, 2.75) is 18.3 Å². The molecule has 0 bridgehead atoms. The summed E-state index contributed by atoms with van der Waals surface area (Å²) in [6.45, 7) is 1.60. The van der Waals surface area contributed by atoms with Crippen LogP contribution in [0.3, 0.4) is 0 Å². The summed E-state index contributed by atoms with van der Waals surface area (Å²) in [6.07, 6.45) is 1.63. The molecule has 0 fully saturated rings. The number of fused-ring (bicyclic) bond motifs is 1. The van der Waals surface area contributed by atoms with Crippen LogP contribution >= 0.6 is 0 Å². The summed E-state index contributed by atoms with van der Waals surface area (Å²) >= 11 is 0. The summed E-state index contributed by atoms with van der Waals surface area (Å²) in [5.74, 6) is 0.136. The lowest BCUT2D eigenvalue weighted by Gasteiger charge is -2.33. The number of hydrogen-bond donors (Lipinski definition) is 0. The van der Waals surface area contributed by atoms with Gasteiger partial charge in [-0.05, 0) is 56.2 Å². The van der Waals surface area contributed by atoms with Crippen molar-refractivity contribution in [3.05, 3.63) is 102 Å². The molecule has 1 heterocycles. The molecule has 0 N–H and O–H groups in total. The van der Waals surface area contributed by atoms with Crippen molar-refractivity contribution in [1.82, 2.24) is 9.91 Å². The van der Waals surface area contributed by atoms with Crippen molar-refractivity contribution in [1.29, 1.82) is 0 Å². The van der Waals surface area contributed by atoms with E-state index < -0.39 is 5.41 Å². The quantitative estimate of drug-likeness (QED) is 0.549. The molecule has 0 unspecified atom stereocenters. The Morgan fingerprint density at radius 2 is 1.39 bits per heavy atom.